The lowest BCUT2D eigenvalue weighted by atomic mass is 10.0. The Balaban J connectivity index is 1.34. The summed E-state index contributed by atoms with van der Waals surface area (Å²) in [5, 5.41) is 6.57. The van der Waals surface area contributed by atoms with Gasteiger partial charge in [-0.1, -0.05) is 36.7 Å². The van der Waals surface area contributed by atoms with E-state index >= 15 is 0 Å². The van der Waals surface area contributed by atoms with E-state index in [0.717, 1.165) is 37.2 Å². The summed E-state index contributed by atoms with van der Waals surface area (Å²) in [4.78, 5) is 13.8. The number of hydrogen-bond acceptors (Lipinski definition) is 9. The minimum atomic E-state index is -3.46. The summed E-state index contributed by atoms with van der Waals surface area (Å²) in [7, 11) is -1.27. The first-order chi connectivity index (χ1) is 19.2. The van der Waals surface area contributed by atoms with E-state index in [9.17, 15) is 8.42 Å². The van der Waals surface area contributed by atoms with Crippen molar-refractivity contribution in [1.82, 2.24) is 19.8 Å². The van der Waals surface area contributed by atoms with Crippen molar-refractivity contribution in [3.05, 3.63) is 59.8 Å². The highest BCUT2D eigenvalue weighted by Gasteiger charge is 2.21. The number of para-hydroxylation sites is 2. The molecule has 0 spiro atoms. The van der Waals surface area contributed by atoms with Gasteiger partial charge in [0.2, 0.25) is 16.0 Å². The van der Waals surface area contributed by atoms with Crippen LogP contribution in [0, 0.1) is 0 Å². The molecule has 1 aliphatic rings. The highest BCUT2D eigenvalue weighted by Crippen LogP contribution is 2.30. The Labute approximate surface area is 242 Å². The fourth-order valence-corrected chi connectivity index (χ4v) is 5.45. The Bertz CT molecular complexity index is 1370. The first kappa shape index (κ1) is 29.9. The normalized spacial score (nSPS) is 14.7. The van der Waals surface area contributed by atoms with Crippen LogP contribution in [0.15, 0.2) is 54.7 Å². The summed E-state index contributed by atoms with van der Waals surface area (Å²) in [5.41, 5.74) is 1.66. The molecule has 0 atom stereocenters. The molecule has 1 fully saturated rings. The fraction of sp³-hybridized carbons (Fsp3) is 0.429. The summed E-state index contributed by atoms with van der Waals surface area (Å²) >= 11 is 6.34. The van der Waals surface area contributed by atoms with Gasteiger partial charge in [0.05, 0.1) is 30.4 Å². The van der Waals surface area contributed by atoms with Crippen LogP contribution < -0.4 is 20.1 Å². The number of nitrogens with one attached hydrogen (secondary N) is 3. The van der Waals surface area contributed by atoms with E-state index in [2.05, 4.69) is 49.1 Å². The van der Waals surface area contributed by atoms with Crippen molar-refractivity contribution in [3.63, 3.8) is 0 Å². The van der Waals surface area contributed by atoms with Crippen LogP contribution in [0.1, 0.15) is 26.2 Å². The SMILES string of the molecule is CCN(CCCOc1cccc(Nc2ncc(Cl)c(Nc3ccccc3NS(C)(=O)=O)n2)c1)C1CCN(C)CC1. The summed E-state index contributed by atoms with van der Waals surface area (Å²) in [5.74, 6) is 1.43. The molecular weight excluding hydrogens is 550 g/mol. The molecule has 1 aliphatic heterocycles. The van der Waals surface area contributed by atoms with Gasteiger partial charge in [0, 0.05) is 24.3 Å². The molecule has 0 unspecified atom stereocenters. The van der Waals surface area contributed by atoms with Crippen LogP contribution in [-0.4, -0.2) is 80.3 Å². The molecule has 0 radical (unpaired) electrons. The summed E-state index contributed by atoms with van der Waals surface area (Å²) in [6, 6.07) is 15.2. The lowest BCUT2D eigenvalue weighted by Gasteiger charge is -2.36. The Hall–Kier alpha value is -3.12. The number of aromatic nitrogens is 2. The van der Waals surface area contributed by atoms with E-state index in [-0.39, 0.29) is 5.02 Å². The molecule has 0 aliphatic carbocycles. The number of nitrogens with zero attached hydrogens (tertiary/aromatic N) is 4. The number of hydrogen-bond donors (Lipinski definition) is 3. The minimum Gasteiger partial charge on any atom is -0.493 e. The molecule has 12 heteroatoms. The molecule has 4 rings (SSSR count). The molecule has 0 saturated carbocycles. The van der Waals surface area contributed by atoms with Crippen molar-refractivity contribution in [2.75, 3.05) is 61.4 Å². The maximum atomic E-state index is 11.7. The molecule has 216 valence electrons. The van der Waals surface area contributed by atoms with Crippen LogP contribution in [0.4, 0.5) is 28.8 Å². The monoisotopic (exact) mass is 587 g/mol. The number of halogens is 1. The quantitative estimate of drug-likeness (QED) is 0.233. The van der Waals surface area contributed by atoms with Crippen molar-refractivity contribution < 1.29 is 13.2 Å². The molecule has 40 heavy (non-hydrogen) atoms. The van der Waals surface area contributed by atoms with Crippen LogP contribution in [0.25, 0.3) is 0 Å². The zero-order valence-corrected chi connectivity index (χ0v) is 24.8. The number of sulfonamides is 1. The number of ether oxygens (including phenoxy) is 1. The first-order valence-corrected chi connectivity index (χ1v) is 15.8. The second-order valence-corrected chi connectivity index (χ2v) is 12.1. The Morgan fingerprint density at radius 1 is 1.10 bits per heavy atom. The predicted molar refractivity (Wildman–Crippen MR) is 163 cm³/mol. The highest BCUT2D eigenvalue weighted by atomic mass is 35.5. The van der Waals surface area contributed by atoms with Crippen LogP contribution >= 0.6 is 11.6 Å². The van der Waals surface area contributed by atoms with Gasteiger partial charge in [0.15, 0.2) is 5.82 Å². The summed E-state index contributed by atoms with van der Waals surface area (Å²) in [6.07, 6.45) is 6.00. The van der Waals surface area contributed by atoms with E-state index < -0.39 is 10.0 Å². The summed E-state index contributed by atoms with van der Waals surface area (Å²) < 4.78 is 32.0. The lowest BCUT2D eigenvalue weighted by molar-refractivity contribution is 0.119. The van der Waals surface area contributed by atoms with E-state index in [4.69, 9.17) is 16.3 Å². The van der Waals surface area contributed by atoms with Crippen LogP contribution in [-0.2, 0) is 10.0 Å². The Morgan fingerprint density at radius 2 is 1.85 bits per heavy atom. The molecule has 1 aromatic heterocycles. The largest absolute Gasteiger partial charge is 0.493 e. The topological polar surface area (TPSA) is 112 Å². The second-order valence-electron chi connectivity index (χ2n) is 9.95. The Kier molecular flexibility index (Phi) is 10.4. The number of likely N-dealkylation sites (tertiary alicyclic amines) is 1. The second kappa shape index (κ2) is 14.0. The molecule has 10 nitrogen and oxygen atoms in total. The lowest BCUT2D eigenvalue weighted by Crippen LogP contribution is -2.44. The third-order valence-electron chi connectivity index (χ3n) is 6.78. The van der Waals surface area contributed by atoms with E-state index in [1.54, 1.807) is 24.3 Å². The van der Waals surface area contributed by atoms with Gasteiger partial charge in [-0.15, -0.1) is 0 Å². The van der Waals surface area contributed by atoms with Crippen LogP contribution in [0.5, 0.6) is 5.75 Å². The van der Waals surface area contributed by atoms with Gasteiger partial charge in [-0.2, -0.15) is 4.98 Å². The van der Waals surface area contributed by atoms with Gasteiger partial charge < -0.3 is 25.2 Å². The van der Waals surface area contributed by atoms with E-state index in [1.807, 2.05) is 24.3 Å². The van der Waals surface area contributed by atoms with E-state index in [1.165, 1.54) is 32.1 Å². The molecular formula is C28H38ClN7O3S. The Morgan fingerprint density at radius 3 is 2.58 bits per heavy atom. The van der Waals surface area contributed by atoms with Crippen molar-refractivity contribution in [1.29, 1.82) is 0 Å². The van der Waals surface area contributed by atoms with Crippen molar-refractivity contribution in [3.8, 4) is 5.75 Å². The third-order valence-corrected chi connectivity index (χ3v) is 7.65. The number of anilines is 5. The maximum absolute atomic E-state index is 11.7. The molecule has 0 amide bonds. The van der Waals surface area contributed by atoms with Gasteiger partial charge in [0.25, 0.3) is 0 Å². The molecule has 2 heterocycles. The van der Waals surface area contributed by atoms with Crippen molar-refractivity contribution in [2.24, 2.45) is 0 Å². The van der Waals surface area contributed by atoms with Gasteiger partial charge in [-0.25, -0.2) is 13.4 Å². The average molecular weight is 588 g/mol. The number of piperidine rings is 1. The van der Waals surface area contributed by atoms with Gasteiger partial charge >= 0.3 is 0 Å². The van der Waals surface area contributed by atoms with Gasteiger partial charge in [0.1, 0.15) is 10.8 Å². The highest BCUT2D eigenvalue weighted by molar-refractivity contribution is 7.92. The minimum absolute atomic E-state index is 0.290. The average Bonchev–Trinajstić information content (AvgIpc) is 2.92. The molecule has 3 aromatic rings. The van der Waals surface area contributed by atoms with Gasteiger partial charge in [-0.3, -0.25) is 4.72 Å². The van der Waals surface area contributed by atoms with Gasteiger partial charge in [-0.05, 0) is 70.2 Å². The van der Waals surface area contributed by atoms with Crippen LogP contribution in [0.2, 0.25) is 5.02 Å². The van der Waals surface area contributed by atoms with Crippen molar-refractivity contribution >= 4 is 50.5 Å². The number of benzene rings is 2. The van der Waals surface area contributed by atoms with Crippen LogP contribution in [0.3, 0.4) is 0 Å². The predicted octanol–water partition coefficient (Wildman–Crippen LogP) is 5.17. The molecule has 0 bridgehead atoms. The molecule has 3 N–H and O–H groups in total. The molecule has 1 saturated heterocycles. The molecule has 2 aromatic carbocycles. The summed E-state index contributed by atoms with van der Waals surface area (Å²) in [6.45, 7) is 7.30. The van der Waals surface area contributed by atoms with Crippen molar-refractivity contribution in [2.45, 2.75) is 32.2 Å². The standard InChI is InChI=1S/C28H38ClN7O3S/c1-4-36(22-13-16-35(2)17-14-22)15-8-18-39-23-10-7-9-21(19-23)31-28-30-20-24(29)27(33-28)32-25-11-5-6-12-26(25)34-40(3,37)38/h5-7,9-12,19-20,22,34H,4,8,13-18H2,1-3H3,(H2,30,31,32,33). The third kappa shape index (κ3) is 8.95. The zero-order valence-electron chi connectivity index (χ0n) is 23.2. The fourth-order valence-electron chi connectivity index (χ4n) is 4.73. The zero-order chi connectivity index (χ0) is 28.5. The smallest absolute Gasteiger partial charge is 0.229 e. The van der Waals surface area contributed by atoms with E-state index in [0.29, 0.717) is 35.8 Å². The first-order valence-electron chi connectivity index (χ1n) is 13.5. The number of rotatable bonds is 13. The maximum Gasteiger partial charge on any atom is 0.229 e.